The number of benzene rings is 1. The number of rotatable bonds is 7. The third-order valence-electron chi connectivity index (χ3n) is 2.42. The molecule has 0 aliphatic rings. The molecule has 0 heterocycles. The van der Waals surface area contributed by atoms with Gasteiger partial charge in [-0.15, -0.1) is 0 Å². The first kappa shape index (κ1) is 16.8. The van der Waals surface area contributed by atoms with E-state index in [1.165, 1.54) is 4.90 Å². The van der Waals surface area contributed by atoms with Crippen molar-refractivity contribution in [3.63, 3.8) is 0 Å². The van der Waals surface area contributed by atoms with Crippen LogP contribution in [-0.4, -0.2) is 41.6 Å². The second-order valence-electron chi connectivity index (χ2n) is 4.07. The fourth-order valence-corrected chi connectivity index (χ4v) is 2.35. The number of aliphatic carboxylic acids is 1. The smallest absolute Gasteiger partial charge is 0.323 e. The van der Waals surface area contributed by atoms with E-state index in [0.717, 1.165) is 0 Å². The number of hydrogen-bond donors (Lipinski definition) is 1. The van der Waals surface area contributed by atoms with E-state index >= 15 is 0 Å². The molecule has 0 spiro atoms. The quantitative estimate of drug-likeness (QED) is 0.808. The van der Waals surface area contributed by atoms with Crippen molar-refractivity contribution in [3.8, 4) is 5.75 Å². The summed E-state index contributed by atoms with van der Waals surface area (Å²) in [5.74, 6) is -0.926. The minimum Gasteiger partial charge on any atom is -0.483 e. The molecule has 7 heteroatoms. The molecule has 20 heavy (non-hydrogen) atoms. The monoisotopic (exact) mass is 363 g/mol. The van der Waals surface area contributed by atoms with Crippen LogP contribution in [0.1, 0.15) is 13.3 Å². The second kappa shape index (κ2) is 8.11. The van der Waals surface area contributed by atoms with Crippen molar-refractivity contribution in [2.45, 2.75) is 13.3 Å². The summed E-state index contributed by atoms with van der Waals surface area (Å²) >= 11 is 9.08. The fourth-order valence-electron chi connectivity index (χ4n) is 1.55. The molecule has 0 radical (unpaired) electrons. The highest BCUT2D eigenvalue weighted by atomic mass is 79.9. The Bertz CT molecular complexity index is 495. The number of amides is 1. The van der Waals surface area contributed by atoms with Crippen molar-refractivity contribution in [2.75, 3.05) is 19.7 Å². The van der Waals surface area contributed by atoms with Crippen molar-refractivity contribution in [1.82, 2.24) is 4.90 Å². The normalized spacial score (nSPS) is 10.2. The molecule has 5 nitrogen and oxygen atoms in total. The summed E-state index contributed by atoms with van der Waals surface area (Å²) in [6.07, 6.45) is 0.684. The molecule has 0 fully saturated rings. The molecule has 0 atom stereocenters. The van der Waals surface area contributed by atoms with E-state index in [9.17, 15) is 9.59 Å². The van der Waals surface area contributed by atoms with Crippen LogP contribution < -0.4 is 4.74 Å². The van der Waals surface area contributed by atoms with Gasteiger partial charge in [-0.2, -0.15) is 0 Å². The van der Waals surface area contributed by atoms with Gasteiger partial charge in [0.1, 0.15) is 12.3 Å². The van der Waals surface area contributed by atoms with E-state index in [0.29, 0.717) is 28.2 Å². The molecule has 1 N–H and O–H groups in total. The molecule has 1 aromatic rings. The number of halogens is 2. The zero-order valence-electron chi connectivity index (χ0n) is 10.9. The van der Waals surface area contributed by atoms with Crippen LogP contribution in [0.25, 0.3) is 0 Å². The van der Waals surface area contributed by atoms with E-state index in [2.05, 4.69) is 15.9 Å². The highest BCUT2D eigenvalue weighted by Crippen LogP contribution is 2.27. The minimum absolute atomic E-state index is 0.215. The van der Waals surface area contributed by atoms with Crippen LogP contribution in [0.4, 0.5) is 0 Å². The van der Waals surface area contributed by atoms with Crippen molar-refractivity contribution in [1.29, 1.82) is 0 Å². The average molecular weight is 365 g/mol. The number of carbonyl (C=O) groups excluding carboxylic acids is 1. The molecule has 1 rings (SSSR count). The molecular weight excluding hydrogens is 350 g/mol. The van der Waals surface area contributed by atoms with Gasteiger partial charge in [-0.1, -0.05) is 18.5 Å². The van der Waals surface area contributed by atoms with Gasteiger partial charge in [-0.3, -0.25) is 9.59 Å². The summed E-state index contributed by atoms with van der Waals surface area (Å²) < 4.78 is 6.01. The molecule has 0 aromatic heterocycles. The number of carbonyl (C=O) groups is 2. The molecule has 0 bridgehead atoms. The Labute approximate surface area is 130 Å². The van der Waals surface area contributed by atoms with Gasteiger partial charge in [-0.05, 0) is 40.5 Å². The van der Waals surface area contributed by atoms with Gasteiger partial charge in [0.2, 0.25) is 0 Å². The largest absolute Gasteiger partial charge is 0.483 e. The minimum atomic E-state index is -1.04. The molecule has 0 aliphatic heterocycles. The van der Waals surface area contributed by atoms with Crippen molar-refractivity contribution in [3.05, 3.63) is 27.7 Å². The summed E-state index contributed by atoms with van der Waals surface area (Å²) in [5.41, 5.74) is 0. The van der Waals surface area contributed by atoms with Crippen LogP contribution in [0.15, 0.2) is 22.7 Å². The number of carboxylic acid groups (broad SMARTS) is 1. The Balaban J connectivity index is 2.62. The Kier molecular flexibility index (Phi) is 6.81. The van der Waals surface area contributed by atoms with Gasteiger partial charge in [0.25, 0.3) is 5.91 Å². The average Bonchev–Trinajstić information content (AvgIpc) is 2.36. The third kappa shape index (κ3) is 5.38. The van der Waals surface area contributed by atoms with Crippen LogP contribution in [0.3, 0.4) is 0 Å². The highest BCUT2D eigenvalue weighted by molar-refractivity contribution is 9.10. The Morgan fingerprint density at radius 2 is 2.15 bits per heavy atom. The summed E-state index contributed by atoms with van der Waals surface area (Å²) in [4.78, 5) is 23.9. The predicted octanol–water partition coefficient (Wildman–Crippen LogP) is 2.80. The lowest BCUT2D eigenvalue weighted by Crippen LogP contribution is -2.39. The van der Waals surface area contributed by atoms with Crippen LogP contribution in [0, 0.1) is 0 Å². The van der Waals surface area contributed by atoms with Gasteiger partial charge in [0.05, 0.1) is 4.47 Å². The van der Waals surface area contributed by atoms with Gasteiger partial charge in [-0.25, -0.2) is 0 Å². The molecule has 110 valence electrons. The van der Waals surface area contributed by atoms with E-state index in [1.807, 2.05) is 6.92 Å². The predicted molar refractivity (Wildman–Crippen MR) is 79.2 cm³/mol. The Hall–Kier alpha value is -1.27. The number of nitrogens with zero attached hydrogens (tertiary/aromatic N) is 1. The summed E-state index contributed by atoms with van der Waals surface area (Å²) in [6, 6.07) is 4.94. The van der Waals surface area contributed by atoms with Gasteiger partial charge in [0.15, 0.2) is 6.61 Å². The maximum absolute atomic E-state index is 11.9. The number of carboxylic acids is 1. The lowest BCUT2D eigenvalue weighted by molar-refractivity contribution is -0.145. The summed E-state index contributed by atoms with van der Waals surface area (Å²) in [7, 11) is 0. The number of hydrogen-bond acceptors (Lipinski definition) is 3. The Morgan fingerprint density at radius 1 is 1.45 bits per heavy atom. The first-order chi connectivity index (χ1) is 9.43. The van der Waals surface area contributed by atoms with E-state index in [-0.39, 0.29) is 19.1 Å². The van der Waals surface area contributed by atoms with Crippen LogP contribution in [0.5, 0.6) is 5.75 Å². The zero-order chi connectivity index (χ0) is 15.1. The van der Waals surface area contributed by atoms with Crippen molar-refractivity contribution in [2.24, 2.45) is 0 Å². The first-order valence-electron chi connectivity index (χ1n) is 6.01. The maximum atomic E-state index is 11.9. The molecule has 0 aliphatic carbocycles. The van der Waals surface area contributed by atoms with E-state index in [1.54, 1.807) is 18.2 Å². The lowest BCUT2D eigenvalue weighted by Gasteiger charge is -2.20. The fraction of sp³-hybridized carbons (Fsp3) is 0.385. The zero-order valence-corrected chi connectivity index (χ0v) is 13.3. The molecule has 0 unspecified atom stereocenters. The SMILES string of the molecule is CCCN(CC(=O)O)C(=O)COc1ccc(Cl)cc1Br. The van der Waals surface area contributed by atoms with Crippen molar-refractivity contribution >= 4 is 39.4 Å². The van der Waals surface area contributed by atoms with Crippen LogP contribution in [-0.2, 0) is 9.59 Å². The molecule has 0 saturated heterocycles. The number of ether oxygens (including phenoxy) is 1. The van der Waals surface area contributed by atoms with Gasteiger partial charge >= 0.3 is 5.97 Å². The van der Waals surface area contributed by atoms with Crippen LogP contribution >= 0.6 is 27.5 Å². The van der Waals surface area contributed by atoms with Gasteiger partial charge in [0, 0.05) is 11.6 Å². The molecule has 0 saturated carbocycles. The third-order valence-corrected chi connectivity index (χ3v) is 3.27. The highest BCUT2D eigenvalue weighted by Gasteiger charge is 2.16. The van der Waals surface area contributed by atoms with E-state index < -0.39 is 5.97 Å². The van der Waals surface area contributed by atoms with Crippen LogP contribution in [0.2, 0.25) is 5.02 Å². The second-order valence-corrected chi connectivity index (χ2v) is 5.36. The molecule has 1 aromatic carbocycles. The molecular formula is C13H15BrClNO4. The van der Waals surface area contributed by atoms with Crippen molar-refractivity contribution < 1.29 is 19.4 Å². The topological polar surface area (TPSA) is 66.8 Å². The Morgan fingerprint density at radius 3 is 2.70 bits per heavy atom. The molecule has 1 amide bonds. The maximum Gasteiger partial charge on any atom is 0.323 e. The standard InChI is InChI=1S/C13H15BrClNO4/c1-2-5-16(7-13(18)19)12(17)8-20-11-4-3-9(15)6-10(11)14/h3-4,6H,2,5,7-8H2,1H3,(H,18,19). The summed E-state index contributed by atoms with van der Waals surface area (Å²) in [5, 5.41) is 9.31. The first-order valence-corrected chi connectivity index (χ1v) is 7.18. The van der Waals surface area contributed by atoms with Gasteiger partial charge < -0.3 is 14.7 Å². The van der Waals surface area contributed by atoms with E-state index in [4.69, 9.17) is 21.4 Å². The summed E-state index contributed by atoms with van der Waals surface area (Å²) in [6.45, 7) is 1.72. The lowest BCUT2D eigenvalue weighted by atomic mass is 10.3.